The summed E-state index contributed by atoms with van der Waals surface area (Å²) in [4.78, 5) is 16.7. The number of amides is 1. The lowest BCUT2D eigenvalue weighted by Crippen LogP contribution is -2.39. The molecule has 1 unspecified atom stereocenters. The number of guanidine groups is 1. The fourth-order valence-electron chi connectivity index (χ4n) is 3.69. The lowest BCUT2D eigenvalue weighted by Gasteiger charge is -2.24. The molecule has 158 valence electrons. The van der Waals surface area contributed by atoms with Gasteiger partial charge in [-0.15, -0.1) is 24.0 Å². The third kappa shape index (κ3) is 5.71. The van der Waals surface area contributed by atoms with E-state index < -0.39 is 0 Å². The predicted molar refractivity (Wildman–Crippen MR) is 128 cm³/mol. The minimum absolute atomic E-state index is 0. The van der Waals surface area contributed by atoms with Crippen LogP contribution in [0.5, 0.6) is 0 Å². The first-order valence-electron chi connectivity index (χ1n) is 9.89. The number of carbonyl (C=O) groups excluding carboxylic acids is 1. The van der Waals surface area contributed by atoms with Crippen LogP contribution in [0.3, 0.4) is 0 Å². The maximum Gasteiger partial charge on any atom is 0.225 e. The lowest BCUT2D eigenvalue weighted by atomic mass is 9.91. The standard InChI is InChI=1S/C21H30N6O.HI/c1-5-22-21(23-11-10-17-14(2)26-27(4)15(17)3)24-13-16-12-20(28)25-19-9-7-6-8-18(16)19;/h6-9,16H,5,10-13H2,1-4H3,(H,25,28)(H2,22,23,24);1H. The van der Waals surface area contributed by atoms with Crippen molar-refractivity contribution in [1.82, 2.24) is 20.4 Å². The van der Waals surface area contributed by atoms with E-state index in [9.17, 15) is 4.79 Å². The highest BCUT2D eigenvalue weighted by Gasteiger charge is 2.24. The second kappa shape index (κ2) is 10.6. The number of para-hydroxylation sites is 1. The summed E-state index contributed by atoms with van der Waals surface area (Å²) in [7, 11) is 1.98. The second-order valence-electron chi connectivity index (χ2n) is 7.21. The van der Waals surface area contributed by atoms with Gasteiger partial charge in [-0.25, -0.2) is 0 Å². The van der Waals surface area contributed by atoms with Crippen LogP contribution in [0.4, 0.5) is 5.69 Å². The molecule has 1 atom stereocenters. The van der Waals surface area contributed by atoms with E-state index >= 15 is 0 Å². The van der Waals surface area contributed by atoms with Crippen LogP contribution in [0.2, 0.25) is 0 Å². The Hall–Kier alpha value is -2.10. The maximum absolute atomic E-state index is 12.0. The third-order valence-corrected chi connectivity index (χ3v) is 5.25. The topological polar surface area (TPSA) is 83.3 Å². The molecule has 8 heteroatoms. The summed E-state index contributed by atoms with van der Waals surface area (Å²) in [6, 6.07) is 7.97. The molecule has 3 rings (SSSR count). The van der Waals surface area contributed by atoms with Crippen LogP contribution < -0.4 is 16.0 Å². The largest absolute Gasteiger partial charge is 0.357 e. The Morgan fingerprint density at radius 3 is 2.76 bits per heavy atom. The Morgan fingerprint density at radius 1 is 1.31 bits per heavy atom. The van der Waals surface area contributed by atoms with Gasteiger partial charge in [-0.3, -0.25) is 14.5 Å². The number of anilines is 1. The van der Waals surface area contributed by atoms with Crippen molar-refractivity contribution in [3.8, 4) is 0 Å². The number of aryl methyl sites for hydroxylation is 2. The molecule has 3 N–H and O–H groups in total. The van der Waals surface area contributed by atoms with Crippen molar-refractivity contribution in [3.63, 3.8) is 0 Å². The molecule has 2 heterocycles. The predicted octanol–water partition coefficient (Wildman–Crippen LogP) is 2.88. The SMILES string of the molecule is CCNC(=NCC1CC(=O)Nc2ccccc21)NCCc1c(C)nn(C)c1C.I. The molecule has 1 aliphatic rings. The molecule has 0 aliphatic carbocycles. The fraction of sp³-hybridized carbons (Fsp3) is 0.476. The molecule has 7 nitrogen and oxygen atoms in total. The van der Waals surface area contributed by atoms with E-state index in [4.69, 9.17) is 4.99 Å². The molecule has 1 amide bonds. The summed E-state index contributed by atoms with van der Waals surface area (Å²) < 4.78 is 1.93. The zero-order valence-corrected chi connectivity index (χ0v) is 19.9. The Balaban J connectivity index is 0.00000300. The van der Waals surface area contributed by atoms with Gasteiger partial charge in [0.2, 0.25) is 5.91 Å². The van der Waals surface area contributed by atoms with E-state index in [1.54, 1.807) is 0 Å². The van der Waals surface area contributed by atoms with E-state index in [0.29, 0.717) is 13.0 Å². The quantitative estimate of drug-likeness (QED) is 0.317. The van der Waals surface area contributed by atoms with Crippen molar-refractivity contribution in [3.05, 3.63) is 46.8 Å². The van der Waals surface area contributed by atoms with Gasteiger partial charge < -0.3 is 16.0 Å². The van der Waals surface area contributed by atoms with Crippen LogP contribution in [0.25, 0.3) is 0 Å². The average Bonchev–Trinajstić information content (AvgIpc) is 2.91. The van der Waals surface area contributed by atoms with Crippen LogP contribution in [-0.4, -0.2) is 41.3 Å². The van der Waals surface area contributed by atoms with Crippen molar-refractivity contribution in [2.45, 2.75) is 39.5 Å². The molecule has 0 bridgehead atoms. The van der Waals surface area contributed by atoms with E-state index in [2.05, 4.69) is 41.0 Å². The van der Waals surface area contributed by atoms with Gasteiger partial charge in [-0.05, 0) is 44.4 Å². The highest BCUT2D eigenvalue weighted by Crippen LogP contribution is 2.31. The molecule has 1 aromatic carbocycles. The molecule has 0 radical (unpaired) electrons. The molecule has 0 spiro atoms. The van der Waals surface area contributed by atoms with Gasteiger partial charge in [0, 0.05) is 43.9 Å². The first kappa shape index (κ1) is 23.2. The van der Waals surface area contributed by atoms with E-state index in [1.807, 2.05) is 36.9 Å². The number of hydrogen-bond donors (Lipinski definition) is 3. The van der Waals surface area contributed by atoms with E-state index in [0.717, 1.165) is 42.4 Å². The van der Waals surface area contributed by atoms with Gasteiger partial charge in [0.1, 0.15) is 0 Å². The Bertz CT molecular complexity index is 876. The van der Waals surface area contributed by atoms with Crippen LogP contribution in [-0.2, 0) is 18.3 Å². The Morgan fingerprint density at radius 2 is 2.07 bits per heavy atom. The Kier molecular flexibility index (Phi) is 8.48. The smallest absolute Gasteiger partial charge is 0.225 e. The number of benzene rings is 1. The zero-order valence-electron chi connectivity index (χ0n) is 17.6. The van der Waals surface area contributed by atoms with Crippen LogP contribution in [0, 0.1) is 13.8 Å². The number of nitrogens with zero attached hydrogens (tertiary/aromatic N) is 3. The van der Waals surface area contributed by atoms with Gasteiger partial charge in [0.05, 0.1) is 12.2 Å². The maximum atomic E-state index is 12.0. The summed E-state index contributed by atoms with van der Waals surface area (Å²) in [6.45, 7) is 8.34. The third-order valence-electron chi connectivity index (χ3n) is 5.25. The molecule has 29 heavy (non-hydrogen) atoms. The number of fused-ring (bicyclic) bond motifs is 1. The van der Waals surface area contributed by atoms with Crippen molar-refractivity contribution < 1.29 is 4.79 Å². The van der Waals surface area contributed by atoms with Gasteiger partial charge in [0.25, 0.3) is 0 Å². The van der Waals surface area contributed by atoms with E-state index in [1.165, 1.54) is 11.3 Å². The van der Waals surface area contributed by atoms with Gasteiger partial charge in [-0.1, -0.05) is 18.2 Å². The van der Waals surface area contributed by atoms with Crippen LogP contribution >= 0.6 is 24.0 Å². The minimum atomic E-state index is 0. The molecule has 2 aromatic rings. The van der Waals surface area contributed by atoms with Crippen molar-refractivity contribution in [1.29, 1.82) is 0 Å². The number of carbonyl (C=O) groups is 1. The summed E-state index contributed by atoms with van der Waals surface area (Å²) in [5, 5.41) is 14.1. The molecular weight excluding hydrogens is 479 g/mol. The molecule has 0 fully saturated rings. The average molecular weight is 510 g/mol. The number of aromatic nitrogens is 2. The van der Waals surface area contributed by atoms with Gasteiger partial charge >= 0.3 is 0 Å². The molecule has 0 saturated heterocycles. The van der Waals surface area contributed by atoms with Crippen LogP contribution in [0.1, 0.15) is 41.8 Å². The number of halogens is 1. The molecule has 1 aliphatic heterocycles. The van der Waals surface area contributed by atoms with Gasteiger partial charge in [-0.2, -0.15) is 5.10 Å². The summed E-state index contributed by atoms with van der Waals surface area (Å²) in [5.74, 6) is 0.938. The lowest BCUT2D eigenvalue weighted by molar-refractivity contribution is -0.116. The molecule has 1 aromatic heterocycles. The van der Waals surface area contributed by atoms with Gasteiger partial charge in [0.15, 0.2) is 5.96 Å². The first-order valence-corrected chi connectivity index (χ1v) is 9.89. The highest BCUT2D eigenvalue weighted by atomic mass is 127. The number of nitrogens with one attached hydrogen (secondary N) is 3. The second-order valence-corrected chi connectivity index (χ2v) is 7.21. The molecule has 0 saturated carbocycles. The minimum Gasteiger partial charge on any atom is -0.357 e. The highest BCUT2D eigenvalue weighted by molar-refractivity contribution is 14.0. The van der Waals surface area contributed by atoms with Crippen molar-refractivity contribution in [2.24, 2.45) is 12.0 Å². The number of hydrogen-bond acceptors (Lipinski definition) is 3. The summed E-state index contributed by atoms with van der Waals surface area (Å²) in [6.07, 6.45) is 1.36. The number of rotatable bonds is 6. The summed E-state index contributed by atoms with van der Waals surface area (Å²) >= 11 is 0. The fourth-order valence-corrected chi connectivity index (χ4v) is 3.69. The molecular formula is C21H31IN6O. The van der Waals surface area contributed by atoms with E-state index in [-0.39, 0.29) is 35.8 Å². The zero-order chi connectivity index (χ0) is 20.1. The van der Waals surface area contributed by atoms with Crippen molar-refractivity contribution in [2.75, 3.05) is 25.0 Å². The van der Waals surface area contributed by atoms with Crippen LogP contribution in [0.15, 0.2) is 29.3 Å². The first-order chi connectivity index (χ1) is 13.5. The normalized spacial score (nSPS) is 15.9. The monoisotopic (exact) mass is 510 g/mol. The number of aliphatic imine (C=N–C) groups is 1. The summed E-state index contributed by atoms with van der Waals surface area (Å²) in [5.41, 5.74) is 5.62. The van der Waals surface area contributed by atoms with Crippen molar-refractivity contribution >= 4 is 41.5 Å². The Labute approximate surface area is 189 Å².